The monoisotopic (exact) mass is 383 g/mol. The Kier molecular flexibility index (Phi) is 13.9. The van der Waals surface area contributed by atoms with Gasteiger partial charge in [0.05, 0.1) is 0 Å². The second-order valence-corrected chi connectivity index (χ2v) is 10.2. The summed E-state index contributed by atoms with van der Waals surface area (Å²) in [5.74, 6) is 1.54. The fourth-order valence-corrected chi connectivity index (χ4v) is 3.72. The van der Waals surface area contributed by atoms with Crippen molar-refractivity contribution >= 4 is 0 Å². The third kappa shape index (κ3) is 13.7. The van der Waals surface area contributed by atoms with E-state index in [0.29, 0.717) is 6.04 Å². The zero-order valence-corrected chi connectivity index (χ0v) is 20.3. The van der Waals surface area contributed by atoms with Crippen LogP contribution in [0.3, 0.4) is 0 Å². The lowest BCUT2D eigenvalue weighted by Gasteiger charge is -2.35. The van der Waals surface area contributed by atoms with E-state index in [1.807, 2.05) is 0 Å². The maximum atomic E-state index is 3.91. The lowest BCUT2D eigenvalue weighted by Crippen LogP contribution is -2.49. The second kappa shape index (κ2) is 14.0. The molecule has 0 fully saturated rings. The van der Waals surface area contributed by atoms with Crippen molar-refractivity contribution in [2.45, 2.75) is 124 Å². The van der Waals surface area contributed by atoms with Crippen LogP contribution in [-0.4, -0.2) is 36.8 Å². The largest absolute Gasteiger partial charge is 0.314 e. The van der Waals surface area contributed by atoms with Gasteiger partial charge in [0.25, 0.3) is 0 Å². The summed E-state index contributed by atoms with van der Waals surface area (Å²) in [5, 5.41) is 11.5. The molecular formula is C24H53N3. The van der Waals surface area contributed by atoms with E-state index in [1.165, 1.54) is 44.9 Å². The Labute approximate surface area is 172 Å². The third-order valence-electron chi connectivity index (χ3n) is 6.31. The molecule has 3 atom stereocenters. The average Bonchev–Trinajstić information content (AvgIpc) is 2.57. The van der Waals surface area contributed by atoms with Gasteiger partial charge in [0.2, 0.25) is 0 Å². The molecule has 0 bridgehead atoms. The standard InChI is InChI=1S/C24H53N3/c1-10-14-23(7,8)26-19-16-24(9,27-17-12-13-20(3)4)15-18-25-22(6)21(5)11-2/h20-22,25-27H,10-19H2,1-9H3. The summed E-state index contributed by atoms with van der Waals surface area (Å²) >= 11 is 0. The summed E-state index contributed by atoms with van der Waals surface area (Å²) in [6, 6.07) is 0.599. The highest BCUT2D eigenvalue weighted by molar-refractivity contribution is 4.87. The Bertz CT molecular complexity index is 354. The van der Waals surface area contributed by atoms with Gasteiger partial charge in [0.1, 0.15) is 0 Å². The second-order valence-electron chi connectivity index (χ2n) is 10.2. The molecule has 0 aliphatic carbocycles. The van der Waals surface area contributed by atoms with E-state index in [1.54, 1.807) is 0 Å². The summed E-state index contributed by atoms with van der Waals surface area (Å²) in [4.78, 5) is 0. The molecule has 27 heavy (non-hydrogen) atoms. The zero-order chi connectivity index (χ0) is 20.9. The predicted octanol–water partition coefficient (Wildman–Crippen LogP) is 5.74. The molecule has 3 unspecified atom stereocenters. The molecule has 0 spiro atoms. The molecule has 3 nitrogen and oxygen atoms in total. The fourth-order valence-electron chi connectivity index (χ4n) is 3.72. The van der Waals surface area contributed by atoms with E-state index in [4.69, 9.17) is 0 Å². The number of rotatable bonds is 17. The van der Waals surface area contributed by atoms with E-state index in [0.717, 1.165) is 31.5 Å². The van der Waals surface area contributed by atoms with Gasteiger partial charge in [-0.15, -0.1) is 0 Å². The summed E-state index contributed by atoms with van der Waals surface area (Å²) in [5.41, 5.74) is 0.449. The van der Waals surface area contributed by atoms with Crippen LogP contribution in [0, 0.1) is 11.8 Å². The molecule has 0 saturated heterocycles. The molecule has 0 aromatic heterocycles. The first-order valence-electron chi connectivity index (χ1n) is 11.8. The Morgan fingerprint density at radius 3 is 1.96 bits per heavy atom. The van der Waals surface area contributed by atoms with E-state index in [9.17, 15) is 0 Å². The smallest absolute Gasteiger partial charge is 0.0177 e. The Balaban J connectivity index is 4.54. The molecule has 0 aliphatic rings. The molecule has 0 saturated carbocycles. The quantitative estimate of drug-likeness (QED) is 0.280. The van der Waals surface area contributed by atoms with Crippen LogP contribution < -0.4 is 16.0 Å². The number of hydrogen-bond donors (Lipinski definition) is 3. The topological polar surface area (TPSA) is 36.1 Å². The van der Waals surface area contributed by atoms with Crippen molar-refractivity contribution in [3.05, 3.63) is 0 Å². The first-order valence-corrected chi connectivity index (χ1v) is 11.8. The Hall–Kier alpha value is -0.120. The Morgan fingerprint density at radius 2 is 1.41 bits per heavy atom. The van der Waals surface area contributed by atoms with Gasteiger partial charge in [-0.2, -0.15) is 0 Å². The van der Waals surface area contributed by atoms with Crippen LogP contribution >= 0.6 is 0 Å². The molecular weight excluding hydrogens is 330 g/mol. The lowest BCUT2D eigenvalue weighted by molar-refractivity contribution is 0.264. The molecule has 0 radical (unpaired) electrons. The first-order chi connectivity index (χ1) is 12.5. The highest BCUT2D eigenvalue weighted by Crippen LogP contribution is 2.17. The highest BCUT2D eigenvalue weighted by Gasteiger charge is 2.25. The van der Waals surface area contributed by atoms with Crippen molar-refractivity contribution < 1.29 is 0 Å². The van der Waals surface area contributed by atoms with E-state index in [2.05, 4.69) is 78.3 Å². The molecule has 0 heterocycles. The van der Waals surface area contributed by atoms with Gasteiger partial charge in [-0.1, -0.05) is 47.5 Å². The van der Waals surface area contributed by atoms with Crippen molar-refractivity contribution in [3.63, 3.8) is 0 Å². The maximum absolute atomic E-state index is 3.91. The summed E-state index contributed by atoms with van der Waals surface area (Å²) < 4.78 is 0. The van der Waals surface area contributed by atoms with E-state index in [-0.39, 0.29) is 11.1 Å². The molecule has 3 N–H and O–H groups in total. The van der Waals surface area contributed by atoms with Crippen molar-refractivity contribution in [1.82, 2.24) is 16.0 Å². The zero-order valence-electron chi connectivity index (χ0n) is 20.3. The van der Waals surface area contributed by atoms with Gasteiger partial charge in [0.15, 0.2) is 0 Å². The van der Waals surface area contributed by atoms with Gasteiger partial charge in [-0.25, -0.2) is 0 Å². The molecule has 0 aliphatic heterocycles. The highest BCUT2D eigenvalue weighted by atomic mass is 15.0. The normalized spacial score (nSPS) is 17.1. The van der Waals surface area contributed by atoms with Gasteiger partial charge in [0, 0.05) is 17.1 Å². The predicted molar refractivity (Wildman–Crippen MR) is 124 cm³/mol. The van der Waals surface area contributed by atoms with Gasteiger partial charge in [-0.05, 0) is 91.3 Å². The van der Waals surface area contributed by atoms with Crippen molar-refractivity contribution in [2.75, 3.05) is 19.6 Å². The molecule has 0 rings (SSSR count). The van der Waals surface area contributed by atoms with E-state index >= 15 is 0 Å². The van der Waals surface area contributed by atoms with Crippen LogP contribution in [0.15, 0.2) is 0 Å². The first kappa shape index (κ1) is 26.9. The summed E-state index contributed by atoms with van der Waals surface area (Å²) in [6.45, 7) is 24.3. The minimum Gasteiger partial charge on any atom is -0.314 e. The van der Waals surface area contributed by atoms with Crippen molar-refractivity contribution in [1.29, 1.82) is 0 Å². The lowest BCUT2D eigenvalue weighted by atomic mass is 9.91. The fraction of sp³-hybridized carbons (Fsp3) is 1.00. The minimum atomic E-state index is 0.203. The van der Waals surface area contributed by atoms with Gasteiger partial charge >= 0.3 is 0 Å². The average molecular weight is 384 g/mol. The SMILES string of the molecule is CCCC(C)(C)NCCC(C)(CCNC(C)C(C)CC)NCCCC(C)C. The summed E-state index contributed by atoms with van der Waals surface area (Å²) in [7, 11) is 0. The van der Waals surface area contributed by atoms with Crippen LogP contribution in [-0.2, 0) is 0 Å². The molecule has 0 aromatic rings. The van der Waals surface area contributed by atoms with Crippen LogP contribution in [0.25, 0.3) is 0 Å². The maximum Gasteiger partial charge on any atom is 0.0177 e. The Morgan fingerprint density at radius 1 is 0.778 bits per heavy atom. The third-order valence-corrected chi connectivity index (χ3v) is 6.31. The molecule has 3 heteroatoms. The van der Waals surface area contributed by atoms with Crippen molar-refractivity contribution in [2.24, 2.45) is 11.8 Å². The van der Waals surface area contributed by atoms with Gasteiger partial charge in [-0.3, -0.25) is 0 Å². The van der Waals surface area contributed by atoms with E-state index < -0.39 is 0 Å². The van der Waals surface area contributed by atoms with Crippen molar-refractivity contribution in [3.8, 4) is 0 Å². The van der Waals surface area contributed by atoms with Gasteiger partial charge < -0.3 is 16.0 Å². The van der Waals surface area contributed by atoms with Crippen LogP contribution in [0.1, 0.15) is 107 Å². The van der Waals surface area contributed by atoms with Crippen LogP contribution in [0.5, 0.6) is 0 Å². The molecule has 0 aromatic carbocycles. The molecule has 164 valence electrons. The summed E-state index contributed by atoms with van der Waals surface area (Å²) in [6.07, 6.45) is 8.68. The molecule has 0 amide bonds. The van der Waals surface area contributed by atoms with Crippen LogP contribution in [0.4, 0.5) is 0 Å². The van der Waals surface area contributed by atoms with Crippen LogP contribution in [0.2, 0.25) is 0 Å². The number of hydrogen-bond acceptors (Lipinski definition) is 3. The number of nitrogens with one attached hydrogen (secondary N) is 3. The minimum absolute atomic E-state index is 0.203.